The van der Waals surface area contributed by atoms with Gasteiger partial charge in [-0.25, -0.2) is 0 Å². The van der Waals surface area contributed by atoms with Gasteiger partial charge in [0, 0.05) is 0 Å². The van der Waals surface area contributed by atoms with Crippen molar-refractivity contribution in [3.8, 4) is 5.75 Å². The molecule has 0 aromatic heterocycles. The van der Waals surface area contributed by atoms with Crippen molar-refractivity contribution in [2.75, 3.05) is 13.7 Å². The van der Waals surface area contributed by atoms with Crippen molar-refractivity contribution in [3.05, 3.63) is 28.8 Å². The van der Waals surface area contributed by atoms with Gasteiger partial charge < -0.3 is 9.47 Å². The fourth-order valence-corrected chi connectivity index (χ4v) is 3.01. The number of carbonyl (C=O) groups is 1. The molecular weight excluding hydrogens is 288 g/mol. The Hall–Kier alpha value is -1.51. The molecule has 0 N–H and O–H groups in total. The van der Waals surface area contributed by atoms with E-state index in [4.69, 9.17) is 9.47 Å². The third kappa shape index (κ3) is 5.56. The lowest BCUT2D eigenvalue weighted by molar-refractivity contribution is -0.148. The van der Waals surface area contributed by atoms with Crippen molar-refractivity contribution in [1.29, 1.82) is 0 Å². The number of ether oxygens (including phenoxy) is 2. The van der Waals surface area contributed by atoms with E-state index in [1.54, 1.807) is 7.11 Å². The van der Waals surface area contributed by atoms with Crippen LogP contribution in [-0.4, -0.2) is 19.7 Å². The number of rotatable bonds is 8. The van der Waals surface area contributed by atoms with Gasteiger partial charge in [0.25, 0.3) is 0 Å². The van der Waals surface area contributed by atoms with Crippen LogP contribution in [0.25, 0.3) is 0 Å². The molecule has 1 unspecified atom stereocenters. The van der Waals surface area contributed by atoms with Crippen molar-refractivity contribution in [1.82, 2.24) is 0 Å². The highest BCUT2D eigenvalue weighted by Crippen LogP contribution is 2.32. The zero-order chi connectivity index (χ0) is 17.6. The van der Waals surface area contributed by atoms with E-state index in [-0.39, 0.29) is 11.9 Å². The minimum atomic E-state index is -0.120. The molecule has 0 saturated heterocycles. The van der Waals surface area contributed by atoms with Gasteiger partial charge in [-0.2, -0.15) is 0 Å². The second kappa shape index (κ2) is 8.95. The smallest absolute Gasteiger partial charge is 0.309 e. The first-order valence-electron chi connectivity index (χ1n) is 8.64. The molecule has 0 heterocycles. The van der Waals surface area contributed by atoms with E-state index in [0.29, 0.717) is 24.9 Å². The summed E-state index contributed by atoms with van der Waals surface area (Å²) in [6.07, 6.45) is 1.49. The average molecular weight is 320 g/mol. The fraction of sp³-hybridized carbons (Fsp3) is 0.650. The van der Waals surface area contributed by atoms with Gasteiger partial charge >= 0.3 is 5.97 Å². The van der Waals surface area contributed by atoms with E-state index in [0.717, 1.165) is 23.3 Å². The molecule has 1 aromatic carbocycles. The van der Waals surface area contributed by atoms with Gasteiger partial charge in [0.2, 0.25) is 0 Å². The maximum atomic E-state index is 12.3. The minimum Gasteiger partial charge on any atom is -0.496 e. The molecule has 0 bridgehead atoms. The van der Waals surface area contributed by atoms with Gasteiger partial charge in [-0.05, 0) is 55.2 Å². The highest BCUT2D eigenvalue weighted by molar-refractivity contribution is 5.73. The molecule has 0 fully saturated rings. The lowest BCUT2D eigenvalue weighted by Gasteiger charge is -2.21. The van der Waals surface area contributed by atoms with Crippen LogP contribution in [-0.2, 0) is 16.0 Å². The standard InChI is InChI=1S/C20H32O3/c1-8-23-20(21)18(9-13(2)3)12-17-11-16(14(4)5)10-15(6)19(17)22-7/h10-11,13-14,18H,8-9,12H2,1-7H3. The molecule has 0 spiro atoms. The second-order valence-electron chi connectivity index (χ2n) is 6.97. The summed E-state index contributed by atoms with van der Waals surface area (Å²) in [7, 11) is 1.70. The van der Waals surface area contributed by atoms with Crippen LogP contribution in [0.4, 0.5) is 0 Å². The summed E-state index contributed by atoms with van der Waals surface area (Å²) >= 11 is 0. The van der Waals surface area contributed by atoms with Crippen molar-refractivity contribution in [2.24, 2.45) is 11.8 Å². The van der Waals surface area contributed by atoms with Crippen molar-refractivity contribution >= 4 is 5.97 Å². The summed E-state index contributed by atoms with van der Waals surface area (Å²) in [5, 5.41) is 0. The number of benzene rings is 1. The predicted octanol–water partition coefficient (Wildman–Crippen LogP) is 4.89. The van der Waals surface area contributed by atoms with E-state index in [1.807, 2.05) is 6.92 Å². The molecule has 1 atom stereocenters. The number of aryl methyl sites for hydroxylation is 1. The molecule has 0 aliphatic heterocycles. The second-order valence-corrected chi connectivity index (χ2v) is 6.97. The highest BCUT2D eigenvalue weighted by atomic mass is 16.5. The minimum absolute atomic E-state index is 0.101. The Morgan fingerprint density at radius 3 is 2.30 bits per heavy atom. The van der Waals surface area contributed by atoms with Gasteiger partial charge in [-0.1, -0.05) is 39.8 Å². The van der Waals surface area contributed by atoms with Crippen LogP contribution in [0, 0.1) is 18.8 Å². The zero-order valence-corrected chi connectivity index (χ0v) is 15.7. The van der Waals surface area contributed by atoms with Gasteiger partial charge in [-0.15, -0.1) is 0 Å². The first kappa shape index (κ1) is 19.5. The summed E-state index contributed by atoms with van der Waals surface area (Å²) in [6.45, 7) is 13.0. The number of esters is 1. The van der Waals surface area contributed by atoms with E-state index in [1.165, 1.54) is 5.56 Å². The first-order chi connectivity index (χ1) is 10.8. The zero-order valence-electron chi connectivity index (χ0n) is 15.7. The molecule has 1 rings (SSSR count). The molecule has 23 heavy (non-hydrogen) atoms. The van der Waals surface area contributed by atoms with E-state index < -0.39 is 0 Å². The summed E-state index contributed by atoms with van der Waals surface area (Å²) in [4.78, 5) is 12.3. The third-order valence-corrected chi connectivity index (χ3v) is 4.09. The number of hydrogen-bond acceptors (Lipinski definition) is 3. The third-order valence-electron chi connectivity index (χ3n) is 4.09. The number of carbonyl (C=O) groups excluding carboxylic acids is 1. The van der Waals surface area contributed by atoms with Crippen molar-refractivity contribution in [3.63, 3.8) is 0 Å². The van der Waals surface area contributed by atoms with Crippen molar-refractivity contribution in [2.45, 2.75) is 60.3 Å². The molecule has 0 saturated carbocycles. The number of hydrogen-bond donors (Lipinski definition) is 0. The first-order valence-corrected chi connectivity index (χ1v) is 8.64. The lowest BCUT2D eigenvalue weighted by Crippen LogP contribution is -2.22. The Kier molecular flexibility index (Phi) is 7.60. The lowest BCUT2D eigenvalue weighted by atomic mass is 9.88. The summed E-state index contributed by atoms with van der Waals surface area (Å²) < 4.78 is 10.9. The molecule has 1 aromatic rings. The van der Waals surface area contributed by atoms with Crippen LogP contribution in [0.5, 0.6) is 5.75 Å². The summed E-state index contributed by atoms with van der Waals surface area (Å²) in [5.41, 5.74) is 3.52. The molecule has 3 nitrogen and oxygen atoms in total. The van der Waals surface area contributed by atoms with Crippen LogP contribution < -0.4 is 4.74 Å². The maximum absolute atomic E-state index is 12.3. The average Bonchev–Trinajstić information content (AvgIpc) is 2.45. The van der Waals surface area contributed by atoms with Gasteiger partial charge in [0.15, 0.2) is 0 Å². The van der Waals surface area contributed by atoms with Crippen LogP contribution in [0.3, 0.4) is 0 Å². The summed E-state index contributed by atoms with van der Waals surface area (Å²) in [6, 6.07) is 4.36. The van der Waals surface area contributed by atoms with Crippen LogP contribution in [0.2, 0.25) is 0 Å². The van der Waals surface area contributed by atoms with Crippen LogP contribution >= 0.6 is 0 Å². The van der Waals surface area contributed by atoms with Crippen molar-refractivity contribution < 1.29 is 14.3 Å². The summed E-state index contributed by atoms with van der Waals surface area (Å²) in [5.74, 6) is 1.57. The molecule has 3 heteroatoms. The molecular formula is C20H32O3. The molecule has 0 amide bonds. The van der Waals surface area contributed by atoms with Gasteiger partial charge in [0.1, 0.15) is 5.75 Å². The van der Waals surface area contributed by atoms with Gasteiger partial charge in [0.05, 0.1) is 19.6 Å². The Balaban J connectivity index is 3.17. The van der Waals surface area contributed by atoms with Crippen LogP contribution in [0.1, 0.15) is 63.6 Å². The molecule has 0 radical (unpaired) electrons. The quantitative estimate of drug-likeness (QED) is 0.639. The molecule has 0 aliphatic carbocycles. The monoisotopic (exact) mass is 320 g/mol. The number of methoxy groups -OCH3 is 1. The Morgan fingerprint density at radius 1 is 1.17 bits per heavy atom. The predicted molar refractivity (Wildman–Crippen MR) is 95.1 cm³/mol. The Bertz CT molecular complexity index is 518. The molecule has 0 aliphatic rings. The Labute approximate surface area is 141 Å². The normalized spacial score (nSPS) is 12.6. The maximum Gasteiger partial charge on any atom is 0.309 e. The van der Waals surface area contributed by atoms with E-state index in [9.17, 15) is 4.79 Å². The fourth-order valence-electron chi connectivity index (χ4n) is 3.01. The van der Waals surface area contributed by atoms with E-state index >= 15 is 0 Å². The van der Waals surface area contributed by atoms with Crippen LogP contribution in [0.15, 0.2) is 12.1 Å². The van der Waals surface area contributed by atoms with Gasteiger partial charge in [-0.3, -0.25) is 4.79 Å². The Morgan fingerprint density at radius 2 is 1.83 bits per heavy atom. The molecule has 130 valence electrons. The largest absolute Gasteiger partial charge is 0.496 e. The van der Waals surface area contributed by atoms with E-state index in [2.05, 4.69) is 46.8 Å². The highest BCUT2D eigenvalue weighted by Gasteiger charge is 2.24. The SMILES string of the molecule is CCOC(=O)C(Cc1cc(C(C)C)cc(C)c1OC)CC(C)C. The topological polar surface area (TPSA) is 35.5 Å².